The zero-order valence-electron chi connectivity index (χ0n) is 13.7. The van der Waals surface area contributed by atoms with Crippen LogP contribution in [0.25, 0.3) is 0 Å². The first-order valence-electron chi connectivity index (χ1n) is 7.50. The smallest absolute Gasteiger partial charge is 0.281 e. The van der Waals surface area contributed by atoms with Crippen LogP contribution < -0.4 is 9.64 Å². The summed E-state index contributed by atoms with van der Waals surface area (Å²) in [7, 11) is -0.200. The van der Waals surface area contributed by atoms with Crippen molar-refractivity contribution in [1.82, 2.24) is 8.61 Å². The van der Waals surface area contributed by atoms with Crippen LogP contribution in [0.5, 0.6) is 5.75 Å². The molecule has 7 heteroatoms. The fourth-order valence-electron chi connectivity index (χ4n) is 2.46. The quantitative estimate of drug-likeness (QED) is 0.820. The van der Waals surface area contributed by atoms with Crippen LogP contribution in [0.2, 0.25) is 0 Å². The summed E-state index contributed by atoms with van der Waals surface area (Å²) in [5.41, 5.74) is 1.03. The molecule has 0 radical (unpaired) electrons. The van der Waals surface area contributed by atoms with E-state index in [-0.39, 0.29) is 6.10 Å². The largest absolute Gasteiger partial charge is 0.489 e. The Balaban J connectivity index is 2.09. The van der Waals surface area contributed by atoms with Crippen LogP contribution >= 0.6 is 0 Å². The van der Waals surface area contributed by atoms with Gasteiger partial charge in [-0.25, -0.2) is 0 Å². The van der Waals surface area contributed by atoms with E-state index < -0.39 is 10.2 Å². The van der Waals surface area contributed by atoms with Gasteiger partial charge in [0.05, 0.1) is 11.8 Å². The van der Waals surface area contributed by atoms with Gasteiger partial charge in [-0.05, 0) is 26.0 Å². The fourth-order valence-corrected chi connectivity index (χ4v) is 3.55. The molecule has 0 amide bonds. The summed E-state index contributed by atoms with van der Waals surface area (Å²) in [6.07, 6.45) is 0.108. The zero-order valence-corrected chi connectivity index (χ0v) is 14.5. The molecule has 0 atom stereocenters. The Labute approximate surface area is 133 Å². The number of para-hydroxylation sites is 2. The van der Waals surface area contributed by atoms with E-state index in [1.807, 2.05) is 38.1 Å². The molecule has 0 spiro atoms. The molecule has 124 valence electrons. The predicted octanol–water partition coefficient (Wildman–Crippen LogP) is 1.40. The zero-order chi connectivity index (χ0) is 16.3. The molecule has 6 nitrogen and oxygen atoms in total. The van der Waals surface area contributed by atoms with Crippen LogP contribution in [0.1, 0.15) is 13.8 Å². The molecule has 1 aromatic rings. The second-order valence-corrected chi connectivity index (χ2v) is 7.95. The lowest BCUT2D eigenvalue weighted by Crippen LogP contribution is -2.51. The van der Waals surface area contributed by atoms with Gasteiger partial charge in [-0.15, -0.1) is 0 Å². The van der Waals surface area contributed by atoms with Gasteiger partial charge in [-0.2, -0.15) is 17.0 Å². The van der Waals surface area contributed by atoms with E-state index in [0.29, 0.717) is 26.2 Å². The number of benzene rings is 1. The van der Waals surface area contributed by atoms with Crippen LogP contribution in [-0.2, 0) is 10.2 Å². The molecular formula is C15H25N3O3S. The number of rotatable bonds is 5. The van der Waals surface area contributed by atoms with Crippen LogP contribution in [0.3, 0.4) is 0 Å². The molecule has 0 bridgehead atoms. The Bertz CT molecular complexity index is 594. The average molecular weight is 327 g/mol. The van der Waals surface area contributed by atoms with Crippen molar-refractivity contribution in [3.8, 4) is 5.75 Å². The lowest BCUT2D eigenvalue weighted by Gasteiger charge is -2.37. The van der Waals surface area contributed by atoms with Crippen molar-refractivity contribution in [3.63, 3.8) is 0 Å². The van der Waals surface area contributed by atoms with Crippen LogP contribution in [0, 0.1) is 0 Å². The summed E-state index contributed by atoms with van der Waals surface area (Å²) in [6.45, 7) is 6.28. The van der Waals surface area contributed by atoms with Gasteiger partial charge in [0.25, 0.3) is 10.2 Å². The van der Waals surface area contributed by atoms with Crippen molar-refractivity contribution in [2.24, 2.45) is 0 Å². The van der Waals surface area contributed by atoms with Crippen molar-refractivity contribution in [1.29, 1.82) is 0 Å². The molecule has 1 heterocycles. The molecule has 1 fully saturated rings. The first kappa shape index (κ1) is 17.1. The number of piperazine rings is 1. The number of nitrogens with zero attached hydrogens (tertiary/aromatic N) is 3. The molecule has 0 N–H and O–H groups in total. The van der Waals surface area contributed by atoms with Gasteiger partial charge in [0, 0.05) is 40.3 Å². The third-order valence-corrected chi connectivity index (χ3v) is 5.54. The number of hydrogen-bond acceptors (Lipinski definition) is 4. The van der Waals surface area contributed by atoms with Gasteiger partial charge < -0.3 is 9.64 Å². The maximum atomic E-state index is 12.1. The van der Waals surface area contributed by atoms with E-state index in [2.05, 4.69) is 4.90 Å². The molecule has 1 aliphatic rings. The minimum absolute atomic E-state index is 0.108. The number of hydrogen-bond donors (Lipinski definition) is 0. The Morgan fingerprint density at radius 3 is 2.23 bits per heavy atom. The van der Waals surface area contributed by atoms with Gasteiger partial charge in [0.1, 0.15) is 5.75 Å². The van der Waals surface area contributed by atoms with Crippen molar-refractivity contribution in [2.75, 3.05) is 45.2 Å². The maximum absolute atomic E-state index is 12.1. The standard InChI is InChI=1S/C15H25N3O3S/c1-13(2)21-15-8-6-5-7-14(15)17-9-11-18(12-10-17)22(19,20)16(3)4/h5-8,13H,9-12H2,1-4H3. The normalized spacial score (nSPS) is 17.3. The third kappa shape index (κ3) is 3.71. The molecule has 0 unspecified atom stereocenters. The maximum Gasteiger partial charge on any atom is 0.281 e. The van der Waals surface area contributed by atoms with Crippen LogP contribution in [0.15, 0.2) is 24.3 Å². The van der Waals surface area contributed by atoms with Crippen molar-refractivity contribution in [3.05, 3.63) is 24.3 Å². The highest BCUT2D eigenvalue weighted by Crippen LogP contribution is 2.30. The highest BCUT2D eigenvalue weighted by atomic mass is 32.2. The van der Waals surface area contributed by atoms with Crippen molar-refractivity contribution < 1.29 is 13.2 Å². The van der Waals surface area contributed by atoms with Gasteiger partial charge in [-0.1, -0.05) is 12.1 Å². The van der Waals surface area contributed by atoms with Gasteiger partial charge in [0.15, 0.2) is 0 Å². The van der Waals surface area contributed by atoms with E-state index in [0.717, 1.165) is 11.4 Å². The Morgan fingerprint density at radius 1 is 1.09 bits per heavy atom. The third-order valence-electron chi connectivity index (χ3n) is 3.59. The Hall–Kier alpha value is -1.31. The van der Waals surface area contributed by atoms with Crippen molar-refractivity contribution in [2.45, 2.75) is 20.0 Å². The first-order chi connectivity index (χ1) is 10.3. The summed E-state index contributed by atoms with van der Waals surface area (Å²) in [4.78, 5) is 2.18. The highest BCUT2D eigenvalue weighted by molar-refractivity contribution is 7.86. The van der Waals surface area contributed by atoms with Gasteiger partial charge in [0.2, 0.25) is 0 Å². The van der Waals surface area contributed by atoms with Crippen LogP contribution in [0.4, 0.5) is 5.69 Å². The summed E-state index contributed by atoms with van der Waals surface area (Å²) in [5.74, 6) is 0.849. The lowest BCUT2D eigenvalue weighted by atomic mass is 10.2. The monoisotopic (exact) mass is 327 g/mol. The predicted molar refractivity (Wildman–Crippen MR) is 88.6 cm³/mol. The summed E-state index contributed by atoms with van der Waals surface area (Å²) in [6, 6.07) is 7.91. The Kier molecular flexibility index (Phi) is 5.31. The molecule has 1 aliphatic heterocycles. The number of anilines is 1. The summed E-state index contributed by atoms with van der Waals surface area (Å²) >= 11 is 0. The lowest BCUT2D eigenvalue weighted by molar-refractivity contribution is 0.242. The minimum atomic E-state index is -3.33. The minimum Gasteiger partial charge on any atom is -0.489 e. The van der Waals surface area contributed by atoms with E-state index in [9.17, 15) is 8.42 Å². The second kappa shape index (κ2) is 6.85. The first-order valence-corrected chi connectivity index (χ1v) is 8.90. The van der Waals surface area contributed by atoms with Crippen molar-refractivity contribution >= 4 is 15.9 Å². The molecule has 22 heavy (non-hydrogen) atoms. The van der Waals surface area contributed by atoms with E-state index in [4.69, 9.17) is 4.74 Å². The number of ether oxygens (including phenoxy) is 1. The SMILES string of the molecule is CC(C)Oc1ccccc1N1CCN(S(=O)(=O)N(C)C)CC1. The molecule has 1 saturated heterocycles. The van der Waals surface area contributed by atoms with Crippen LogP contribution in [-0.4, -0.2) is 63.4 Å². The molecule has 0 aromatic heterocycles. The molecular weight excluding hydrogens is 302 g/mol. The van der Waals surface area contributed by atoms with E-state index in [1.165, 1.54) is 8.61 Å². The molecule has 2 rings (SSSR count). The molecule has 1 aromatic carbocycles. The topological polar surface area (TPSA) is 53.1 Å². The van der Waals surface area contributed by atoms with Gasteiger partial charge >= 0.3 is 0 Å². The van der Waals surface area contributed by atoms with E-state index in [1.54, 1.807) is 14.1 Å². The fraction of sp³-hybridized carbons (Fsp3) is 0.600. The second-order valence-electron chi connectivity index (χ2n) is 5.81. The molecule has 0 aliphatic carbocycles. The summed E-state index contributed by atoms with van der Waals surface area (Å²) in [5, 5.41) is 0. The summed E-state index contributed by atoms with van der Waals surface area (Å²) < 4.78 is 32.9. The molecule has 0 saturated carbocycles. The Morgan fingerprint density at radius 2 is 1.68 bits per heavy atom. The van der Waals surface area contributed by atoms with E-state index >= 15 is 0 Å². The highest BCUT2D eigenvalue weighted by Gasteiger charge is 2.29. The van der Waals surface area contributed by atoms with Gasteiger partial charge in [-0.3, -0.25) is 0 Å². The average Bonchev–Trinajstić information content (AvgIpc) is 2.47.